The predicted octanol–water partition coefficient (Wildman–Crippen LogP) is 0.999. The molecule has 28 heavy (non-hydrogen) atoms. The SMILES string of the molecule is CCNC(=NCC(C)(O)c1cccs1)NCCS(=O)(=O)NCC1CCCCO1. The summed E-state index contributed by atoms with van der Waals surface area (Å²) in [5.74, 6) is 0.413. The Kier molecular flexibility index (Phi) is 9.16. The molecule has 10 heteroatoms. The van der Waals surface area contributed by atoms with E-state index < -0.39 is 15.6 Å². The predicted molar refractivity (Wildman–Crippen MR) is 113 cm³/mol. The van der Waals surface area contributed by atoms with Gasteiger partial charge in [0, 0.05) is 31.1 Å². The third kappa shape index (κ3) is 8.04. The summed E-state index contributed by atoms with van der Waals surface area (Å²) in [5, 5.41) is 18.6. The molecule has 4 N–H and O–H groups in total. The Bertz CT molecular complexity index is 699. The normalized spacial score (nSPS) is 20.5. The van der Waals surface area contributed by atoms with Gasteiger partial charge in [-0.2, -0.15) is 0 Å². The van der Waals surface area contributed by atoms with Crippen LogP contribution in [-0.4, -0.2) is 64.1 Å². The van der Waals surface area contributed by atoms with Crippen molar-refractivity contribution < 1.29 is 18.3 Å². The fraction of sp³-hybridized carbons (Fsp3) is 0.722. The minimum absolute atomic E-state index is 0.0325. The average molecular weight is 433 g/mol. The van der Waals surface area contributed by atoms with Gasteiger partial charge in [-0.1, -0.05) is 6.07 Å². The number of nitrogens with zero attached hydrogens (tertiary/aromatic N) is 1. The Hall–Kier alpha value is -1.20. The van der Waals surface area contributed by atoms with E-state index in [2.05, 4.69) is 20.3 Å². The summed E-state index contributed by atoms with van der Waals surface area (Å²) >= 11 is 1.48. The number of aliphatic hydroxyl groups is 1. The van der Waals surface area contributed by atoms with Crippen molar-refractivity contribution in [2.45, 2.75) is 44.8 Å². The summed E-state index contributed by atoms with van der Waals surface area (Å²) in [7, 11) is -3.39. The van der Waals surface area contributed by atoms with E-state index in [1.165, 1.54) is 11.3 Å². The molecule has 0 aliphatic carbocycles. The second kappa shape index (κ2) is 11.1. The molecule has 2 heterocycles. The molecule has 1 aliphatic heterocycles. The highest BCUT2D eigenvalue weighted by Crippen LogP contribution is 2.25. The molecule has 0 amide bonds. The maximum Gasteiger partial charge on any atom is 0.213 e. The topological polar surface area (TPSA) is 112 Å². The Morgan fingerprint density at radius 2 is 2.25 bits per heavy atom. The maximum absolute atomic E-state index is 12.2. The molecule has 2 atom stereocenters. The van der Waals surface area contributed by atoms with E-state index in [4.69, 9.17) is 4.74 Å². The zero-order valence-electron chi connectivity index (χ0n) is 16.6. The summed E-state index contributed by atoms with van der Waals surface area (Å²) in [4.78, 5) is 5.23. The van der Waals surface area contributed by atoms with Crippen molar-refractivity contribution in [3.8, 4) is 0 Å². The van der Waals surface area contributed by atoms with Crippen LogP contribution in [0.1, 0.15) is 38.0 Å². The first-order valence-electron chi connectivity index (χ1n) is 9.70. The van der Waals surface area contributed by atoms with E-state index in [9.17, 15) is 13.5 Å². The third-order valence-electron chi connectivity index (χ3n) is 4.41. The van der Waals surface area contributed by atoms with Crippen LogP contribution in [0.4, 0.5) is 0 Å². The maximum atomic E-state index is 12.2. The van der Waals surface area contributed by atoms with E-state index >= 15 is 0 Å². The highest BCUT2D eigenvalue weighted by Gasteiger charge is 2.24. The van der Waals surface area contributed by atoms with Gasteiger partial charge in [0.2, 0.25) is 10.0 Å². The minimum atomic E-state index is -3.39. The molecule has 1 aromatic rings. The van der Waals surface area contributed by atoms with Gasteiger partial charge in [0.05, 0.1) is 18.4 Å². The number of aliphatic imine (C=N–C) groups is 1. The second-order valence-electron chi connectivity index (χ2n) is 7.03. The van der Waals surface area contributed by atoms with Crippen LogP contribution in [0.2, 0.25) is 0 Å². The molecule has 160 valence electrons. The van der Waals surface area contributed by atoms with Crippen LogP contribution in [0.25, 0.3) is 0 Å². The van der Waals surface area contributed by atoms with E-state index in [1.54, 1.807) is 6.92 Å². The van der Waals surface area contributed by atoms with Gasteiger partial charge in [-0.15, -0.1) is 11.3 Å². The molecule has 1 aliphatic rings. The van der Waals surface area contributed by atoms with Crippen molar-refractivity contribution in [1.29, 1.82) is 0 Å². The van der Waals surface area contributed by atoms with Crippen molar-refractivity contribution in [2.24, 2.45) is 4.99 Å². The molecule has 0 aromatic carbocycles. The fourth-order valence-electron chi connectivity index (χ4n) is 2.80. The molecule has 1 fully saturated rings. The lowest BCUT2D eigenvalue weighted by molar-refractivity contribution is 0.0200. The quantitative estimate of drug-likeness (QED) is 0.324. The Labute approximate surface area is 171 Å². The minimum Gasteiger partial charge on any atom is -0.383 e. The Morgan fingerprint density at radius 1 is 1.43 bits per heavy atom. The lowest BCUT2D eigenvalue weighted by Crippen LogP contribution is -2.43. The summed E-state index contributed by atoms with van der Waals surface area (Å²) in [6.07, 6.45) is 2.97. The van der Waals surface area contributed by atoms with Crippen LogP contribution < -0.4 is 15.4 Å². The summed E-state index contributed by atoms with van der Waals surface area (Å²) in [6.45, 7) is 5.69. The Balaban J connectivity index is 1.79. The molecular formula is C18H32N4O4S2. The smallest absolute Gasteiger partial charge is 0.213 e. The van der Waals surface area contributed by atoms with Gasteiger partial charge in [-0.25, -0.2) is 18.1 Å². The first-order valence-corrected chi connectivity index (χ1v) is 12.2. The van der Waals surface area contributed by atoms with Crippen molar-refractivity contribution >= 4 is 27.3 Å². The zero-order chi connectivity index (χ0) is 20.5. The third-order valence-corrected chi connectivity index (χ3v) is 6.88. The molecule has 8 nitrogen and oxygen atoms in total. The van der Waals surface area contributed by atoms with Crippen LogP contribution in [0.15, 0.2) is 22.5 Å². The van der Waals surface area contributed by atoms with E-state index in [-0.39, 0.29) is 24.9 Å². The van der Waals surface area contributed by atoms with Gasteiger partial charge in [0.1, 0.15) is 5.60 Å². The largest absolute Gasteiger partial charge is 0.383 e. The first-order chi connectivity index (χ1) is 13.3. The van der Waals surface area contributed by atoms with E-state index in [0.717, 1.165) is 24.1 Å². The monoisotopic (exact) mass is 432 g/mol. The van der Waals surface area contributed by atoms with Gasteiger partial charge in [0.25, 0.3) is 0 Å². The number of hydrogen-bond acceptors (Lipinski definition) is 6. The number of guanidine groups is 1. The van der Waals surface area contributed by atoms with Crippen LogP contribution in [0.3, 0.4) is 0 Å². The van der Waals surface area contributed by atoms with Crippen LogP contribution in [0, 0.1) is 0 Å². The number of thiophene rings is 1. The molecule has 1 saturated heterocycles. The lowest BCUT2D eigenvalue weighted by atomic mass is 10.1. The average Bonchev–Trinajstić information content (AvgIpc) is 3.21. The molecule has 2 unspecified atom stereocenters. The summed E-state index contributed by atoms with van der Waals surface area (Å²) < 4.78 is 32.5. The number of rotatable bonds is 10. The van der Waals surface area contributed by atoms with Gasteiger partial charge < -0.3 is 20.5 Å². The number of nitrogens with one attached hydrogen (secondary N) is 3. The van der Waals surface area contributed by atoms with Gasteiger partial charge in [0.15, 0.2) is 5.96 Å². The molecule has 0 bridgehead atoms. The highest BCUT2D eigenvalue weighted by molar-refractivity contribution is 7.89. The van der Waals surface area contributed by atoms with Crippen molar-refractivity contribution in [3.63, 3.8) is 0 Å². The van der Waals surface area contributed by atoms with Gasteiger partial charge in [-0.05, 0) is 44.6 Å². The molecule has 0 spiro atoms. The summed E-state index contributed by atoms with van der Waals surface area (Å²) in [5.41, 5.74) is -1.07. The number of ether oxygens (including phenoxy) is 1. The number of hydrogen-bond donors (Lipinski definition) is 4. The van der Waals surface area contributed by atoms with Crippen LogP contribution in [0.5, 0.6) is 0 Å². The van der Waals surface area contributed by atoms with Crippen molar-refractivity contribution in [1.82, 2.24) is 15.4 Å². The first kappa shape index (κ1) is 23.1. The molecule has 0 saturated carbocycles. The highest BCUT2D eigenvalue weighted by atomic mass is 32.2. The second-order valence-corrected chi connectivity index (χ2v) is 9.90. The zero-order valence-corrected chi connectivity index (χ0v) is 18.2. The summed E-state index contributed by atoms with van der Waals surface area (Å²) in [6, 6.07) is 3.76. The fourth-order valence-corrected chi connectivity index (χ4v) is 4.54. The van der Waals surface area contributed by atoms with E-state index in [1.807, 2.05) is 24.4 Å². The molecule has 1 aromatic heterocycles. The van der Waals surface area contributed by atoms with Crippen LogP contribution >= 0.6 is 11.3 Å². The van der Waals surface area contributed by atoms with Crippen molar-refractivity contribution in [2.75, 3.05) is 38.5 Å². The van der Waals surface area contributed by atoms with Crippen LogP contribution in [-0.2, 0) is 20.4 Å². The van der Waals surface area contributed by atoms with Gasteiger partial charge >= 0.3 is 0 Å². The molecule has 2 rings (SSSR count). The standard InChI is InChI=1S/C18H32N4O4S2/c1-3-19-17(21-14-18(2,23)16-8-6-11-27-16)20-9-12-28(24,25)22-13-15-7-4-5-10-26-15/h6,8,11,15,22-23H,3-5,7,9-10,12-14H2,1-2H3,(H2,19,20,21). The molecule has 0 radical (unpaired) electrons. The van der Waals surface area contributed by atoms with Crippen molar-refractivity contribution in [3.05, 3.63) is 22.4 Å². The molecular weight excluding hydrogens is 400 g/mol. The lowest BCUT2D eigenvalue weighted by Gasteiger charge is -2.22. The van der Waals surface area contributed by atoms with E-state index in [0.29, 0.717) is 25.7 Å². The Morgan fingerprint density at radius 3 is 2.89 bits per heavy atom. The number of sulfonamides is 1. The van der Waals surface area contributed by atoms with Gasteiger partial charge in [-0.3, -0.25) is 0 Å².